The first-order chi connectivity index (χ1) is 14.5. The van der Waals surface area contributed by atoms with Gasteiger partial charge in [-0.25, -0.2) is 4.98 Å². The van der Waals surface area contributed by atoms with Crippen molar-refractivity contribution < 1.29 is 5.11 Å². The van der Waals surface area contributed by atoms with Crippen LogP contribution in [0.5, 0.6) is 0 Å². The number of aromatic nitrogens is 2. The van der Waals surface area contributed by atoms with E-state index in [-0.39, 0.29) is 12.1 Å². The molecule has 1 fully saturated rings. The normalized spacial score (nSPS) is 16.3. The molecule has 1 saturated heterocycles. The number of piperidine rings is 1. The zero-order chi connectivity index (χ0) is 21.0. The van der Waals surface area contributed by atoms with Crippen LogP contribution in [0.1, 0.15) is 18.4 Å². The number of benzene rings is 2. The van der Waals surface area contributed by atoms with Gasteiger partial charge in [-0.3, -0.25) is 14.3 Å². The highest BCUT2D eigenvalue weighted by molar-refractivity contribution is 9.10. The molecule has 3 aromatic rings. The largest absolute Gasteiger partial charge is 0.388 e. The Labute approximate surface area is 184 Å². The van der Waals surface area contributed by atoms with E-state index in [0.717, 1.165) is 29.8 Å². The summed E-state index contributed by atoms with van der Waals surface area (Å²) in [5.74, 6) is 0.498. The van der Waals surface area contributed by atoms with Gasteiger partial charge in [0, 0.05) is 35.9 Å². The molecule has 1 aliphatic rings. The molecule has 0 amide bonds. The number of nitrogens with zero attached hydrogens (tertiary/aromatic N) is 3. The third kappa shape index (κ3) is 5.36. The van der Waals surface area contributed by atoms with Crippen LogP contribution in [0.4, 0.5) is 11.5 Å². The van der Waals surface area contributed by atoms with E-state index in [1.807, 2.05) is 42.5 Å². The molecule has 0 bridgehead atoms. The minimum Gasteiger partial charge on any atom is -0.388 e. The number of halogens is 1. The maximum absolute atomic E-state index is 12.5. The lowest BCUT2D eigenvalue weighted by Crippen LogP contribution is -2.47. The van der Waals surface area contributed by atoms with Gasteiger partial charge in [0.05, 0.1) is 18.5 Å². The molecule has 0 atom stereocenters. The van der Waals surface area contributed by atoms with E-state index in [4.69, 9.17) is 0 Å². The number of rotatable bonds is 6. The Morgan fingerprint density at radius 3 is 2.53 bits per heavy atom. The summed E-state index contributed by atoms with van der Waals surface area (Å²) >= 11 is 3.51. The molecule has 0 aliphatic carbocycles. The van der Waals surface area contributed by atoms with Gasteiger partial charge in [-0.1, -0.05) is 46.3 Å². The fraction of sp³-hybridized carbons (Fsp3) is 0.304. The van der Waals surface area contributed by atoms with E-state index in [1.165, 1.54) is 22.5 Å². The molecular formula is C23H25BrN4O2. The number of hydrogen-bond donors (Lipinski definition) is 2. The van der Waals surface area contributed by atoms with Gasteiger partial charge >= 0.3 is 0 Å². The summed E-state index contributed by atoms with van der Waals surface area (Å²) in [7, 11) is 0. The van der Waals surface area contributed by atoms with Crippen LogP contribution in [-0.4, -0.2) is 38.2 Å². The average Bonchev–Trinajstić information content (AvgIpc) is 2.73. The molecular weight excluding hydrogens is 444 g/mol. The Hall–Kier alpha value is -2.48. The van der Waals surface area contributed by atoms with Gasteiger partial charge < -0.3 is 10.4 Å². The lowest BCUT2D eigenvalue weighted by molar-refractivity contribution is -0.0365. The number of hydrogen-bond acceptors (Lipinski definition) is 5. The summed E-state index contributed by atoms with van der Waals surface area (Å²) in [6, 6.07) is 19.4. The van der Waals surface area contributed by atoms with Crippen LogP contribution in [0, 0.1) is 0 Å². The molecule has 7 heteroatoms. The summed E-state index contributed by atoms with van der Waals surface area (Å²) in [4.78, 5) is 19.2. The fourth-order valence-corrected chi connectivity index (χ4v) is 4.23. The van der Waals surface area contributed by atoms with Crippen molar-refractivity contribution in [2.75, 3.05) is 18.4 Å². The Balaban J connectivity index is 1.35. The molecule has 2 aromatic carbocycles. The van der Waals surface area contributed by atoms with Crippen molar-refractivity contribution in [1.82, 2.24) is 14.5 Å². The Kier molecular flexibility index (Phi) is 6.32. The van der Waals surface area contributed by atoms with E-state index >= 15 is 0 Å². The van der Waals surface area contributed by atoms with Crippen molar-refractivity contribution >= 4 is 27.4 Å². The third-order valence-corrected chi connectivity index (χ3v) is 5.97. The second-order valence-corrected chi connectivity index (χ2v) is 8.78. The average molecular weight is 469 g/mol. The molecule has 2 N–H and O–H groups in total. The molecule has 4 rings (SSSR count). The van der Waals surface area contributed by atoms with Gasteiger partial charge in [0.25, 0.3) is 5.56 Å². The summed E-state index contributed by atoms with van der Waals surface area (Å²) < 4.78 is 2.57. The Bertz CT molecular complexity index is 1050. The van der Waals surface area contributed by atoms with E-state index in [2.05, 4.69) is 43.3 Å². The molecule has 1 aliphatic heterocycles. The molecule has 30 heavy (non-hydrogen) atoms. The number of nitrogens with one attached hydrogen (secondary N) is 1. The van der Waals surface area contributed by atoms with Crippen LogP contribution < -0.4 is 10.9 Å². The van der Waals surface area contributed by atoms with Crippen LogP contribution in [-0.2, 0) is 13.1 Å². The van der Waals surface area contributed by atoms with Crippen LogP contribution in [0.25, 0.3) is 0 Å². The van der Waals surface area contributed by atoms with Crippen LogP contribution in [0.2, 0.25) is 0 Å². The molecule has 0 saturated carbocycles. The van der Waals surface area contributed by atoms with Gasteiger partial charge in [-0.15, -0.1) is 0 Å². The number of anilines is 2. The molecule has 1 aromatic heterocycles. The molecule has 6 nitrogen and oxygen atoms in total. The van der Waals surface area contributed by atoms with Gasteiger partial charge in [0.2, 0.25) is 0 Å². The maximum Gasteiger partial charge on any atom is 0.255 e. The molecule has 0 spiro atoms. The molecule has 0 unspecified atom stereocenters. The first-order valence-corrected chi connectivity index (χ1v) is 10.9. The molecule has 156 valence electrons. The lowest BCUT2D eigenvalue weighted by atomic mass is 9.91. The summed E-state index contributed by atoms with van der Waals surface area (Å²) in [5, 5.41) is 14.2. The maximum atomic E-state index is 12.5. The first kappa shape index (κ1) is 20.8. The van der Waals surface area contributed by atoms with Gasteiger partial charge in [-0.05, 0) is 42.7 Å². The quantitative estimate of drug-likeness (QED) is 0.575. The summed E-state index contributed by atoms with van der Waals surface area (Å²) in [6.45, 7) is 2.70. The molecule has 0 radical (unpaired) electrons. The Morgan fingerprint density at radius 2 is 1.83 bits per heavy atom. The van der Waals surface area contributed by atoms with Crippen molar-refractivity contribution in [2.24, 2.45) is 0 Å². The van der Waals surface area contributed by atoms with Gasteiger partial charge in [-0.2, -0.15) is 0 Å². The SMILES string of the molecule is O=c1cc(Nc2ccccc2)ncn1CC1(O)CCN(Cc2cccc(Br)c2)CC1. The van der Waals surface area contributed by atoms with Crippen LogP contribution in [0.3, 0.4) is 0 Å². The van der Waals surface area contributed by atoms with Crippen molar-refractivity contribution in [2.45, 2.75) is 31.5 Å². The zero-order valence-corrected chi connectivity index (χ0v) is 18.3. The minimum atomic E-state index is -0.895. The standard InChI is InChI=1S/C23H25BrN4O2/c24-19-6-4-5-18(13-19)15-27-11-9-23(30,10-12-27)16-28-17-25-21(14-22(28)29)26-20-7-2-1-3-8-20/h1-8,13-14,17,26,30H,9-12,15-16H2. The molecule has 2 heterocycles. The van der Waals surface area contributed by atoms with Crippen LogP contribution >= 0.6 is 15.9 Å². The predicted molar refractivity (Wildman–Crippen MR) is 122 cm³/mol. The Morgan fingerprint density at radius 1 is 1.07 bits per heavy atom. The van der Waals surface area contributed by atoms with Crippen LogP contribution in [0.15, 0.2) is 76.3 Å². The van der Waals surface area contributed by atoms with Crippen molar-refractivity contribution in [3.63, 3.8) is 0 Å². The number of para-hydroxylation sites is 1. The monoisotopic (exact) mass is 468 g/mol. The van der Waals surface area contributed by atoms with Gasteiger partial charge in [0.15, 0.2) is 0 Å². The zero-order valence-electron chi connectivity index (χ0n) is 16.7. The topological polar surface area (TPSA) is 70.4 Å². The first-order valence-electron chi connectivity index (χ1n) is 10.1. The fourth-order valence-electron chi connectivity index (χ4n) is 3.78. The highest BCUT2D eigenvalue weighted by Crippen LogP contribution is 2.25. The summed E-state index contributed by atoms with van der Waals surface area (Å²) in [6.07, 6.45) is 2.76. The highest BCUT2D eigenvalue weighted by atomic mass is 79.9. The second-order valence-electron chi connectivity index (χ2n) is 7.86. The second kappa shape index (κ2) is 9.12. The lowest BCUT2D eigenvalue weighted by Gasteiger charge is -2.38. The van der Waals surface area contributed by atoms with E-state index in [0.29, 0.717) is 18.7 Å². The third-order valence-electron chi connectivity index (χ3n) is 5.47. The predicted octanol–water partition coefficient (Wildman–Crippen LogP) is 3.78. The smallest absolute Gasteiger partial charge is 0.255 e. The highest BCUT2D eigenvalue weighted by Gasteiger charge is 2.33. The van der Waals surface area contributed by atoms with E-state index in [1.54, 1.807) is 0 Å². The van der Waals surface area contributed by atoms with Crippen molar-refractivity contribution in [3.8, 4) is 0 Å². The van der Waals surface area contributed by atoms with E-state index < -0.39 is 5.60 Å². The summed E-state index contributed by atoms with van der Waals surface area (Å²) in [5.41, 5.74) is 1.05. The van der Waals surface area contributed by atoms with E-state index in [9.17, 15) is 9.90 Å². The van der Waals surface area contributed by atoms with Crippen molar-refractivity contribution in [3.05, 3.63) is 87.4 Å². The van der Waals surface area contributed by atoms with Crippen molar-refractivity contribution in [1.29, 1.82) is 0 Å². The number of likely N-dealkylation sites (tertiary alicyclic amines) is 1. The number of aliphatic hydroxyl groups is 1. The van der Waals surface area contributed by atoms with Gasteiger partial charge in [0.1, 0.15) is 5.82 Å². The minimum absolute atomic E-state index is 0.173.